The number of benzene rings is 1. The maximum absolute atomic E-state index is 5.94. The lowest BCUT2D eigenvalue weighted by Gasteiger charge is -1.98. The fourth-order valence-electron chi connectivity index (χ4n) is 2.25. The molecule has 2 aromatic heterocycles. The molecule has 0 aliphatic carbocycles. The number of rotatable bonds is 3. The Morgan fingerprint density at radius 2 is 2.28 bits per heavy atom. The number of aryl methyl sites for hydroxylation is 1. The first kappa shape index (κ1) is 11.5. The third kappa shape index (κ3) is 1.97. The Balaban J connectivity index is 2.11. The molecule has 92 valence electrons. The Bertz CT molecular complexity index is 670. The first-order chi connectivity index (χ1) is 8.78. The van der Waals surface area contributed by atoms with Crippen LogP contribution in [0.4, 0.5) is 0 Å². The highest BCUT2D eigenvalue weighted by molar-refractivity contribution is 9.10. The van der Waals surface area contributed by atoms with E-state index in [-0.39, 0.29) is 0 Å². The van der Waals surface area contributed by atoms with Crippen LogP contribution >= 0.6 is 15.9 Å². The van der Waals surface area contributed by atoms with Crippen molar-refractivity contribution in [1.82, 2.24) is 9.97 Å². The van der Waals surface area contributed by atoms with Crippen LogP contribution in [0.25, 0.3) is 11.0 Å². The van der Waals surface area contributed by atoms with Gasteiger partial charge in [0, 0.05) is 27.8 Å². The topological polar surface area (TPSA) is 41.8 Å². The number of hydrogen-bond donors (Lipinski definition) is 1. The highest BCUT2D eigenvalue weighted by Gasteiger charge is 2.14. The molecular formula is C14H13BrN2O. The minimum Gasteiger partial charge on any atom is -0.460 e. The van der Waals surface area contributed by atoms with Crippen LogP contribution in [-0.4, -0.2) is 9.97 Å². The quantitative estimate of drug-likeness (QED) is 0.792. The predicted molar refractivity (Wildman–Crippen MR) is 74.7 cm³/mol. The molecule has 4 heteroatoms. The van der Waals surface area contributed by atoms with Crippen LogP contribution in [0.2, 0.25) is 0 Å². The number of imidazole rings is 1. The van der Waals surface area contributed by atoms with Gasteiger partial charge in [0.1, 0.15) is 17.2 Å². The van der Waals surface area contributed by atoms with E-state index < -0.39 is 0 Å². The van der Waals surface area contributed by atoms with E-state index in [1.54, 1.807) is 6.20 Å². The largest absolute Gasteiger partial charge is 0.460 e. The monoisotopic (exact) mass is 304 g/mol. The van der Waals surface area contributed by atoms with Crippen LogP contribution < -0.4 is 0 Å². The maximum Gasteiger partial charge on any atom is 0.134 e. The molecule has 0 amide bonds. The van der Waals surface area contributed by atoms with Gasteiger partial charge in [0.15, 0.2) is 0 Å². The molecule has 0 saturated carbocycles. The third-order valence-corrected chi connectivity index (χ3v) is 3.57. The van der Waals surface area contributed by atoms with Crippen molar-refractivity contribution < 1.29 is 4.42 Å². The molecule has 1 aromatic carbocycles. The molecule has 3 rings (SSSR count). The summed E-state index contributed by atoms with van der Waals surface area (Å²) in [4.78, 5) is 7.36. The molecule has 0 fully saturated rings. The molecule has 0 bridgehead atoms. The Labute approximate surface area is 113 Å². The number of aromatic nitrogens is 2. The van der Waals surface area contributed by atoms with Crippen LogP contribution in [0, 0.1) is 0 Å². The first-order valence-electron chi connectivity index (χ1n) is 5.96. The molecule has 0 saturated heterocycles. The Hall–Kier alpha value is -1.55. The highest BCUT2D eigenvalue weighted by atomic mass is 79.9. The summed E-state index contributed by atoms with van der Waals surface area (Å²) in [6.07, 6.45) is 5.27. The van der Waals surface area contributed by atoms with Gasteiger partial charge in [0.25, 0.3) is 0 Å². The van der Waals surface area contributed by atoms with Crippen molar-refractivity contribution in [3.63, 3.8) is 0 Å². The minimum absolute atomic E-state index is 0.711. The second kappa shape index (κ2) is 4.61. The van der Waals surface area contributed by atoms with E-state index in [2.05, 4.69) is 38.9 Å². The zero-order chi connectivity index (χ0) is 12.5. The second-order valence-corrected chi connectivity index (χ2v) is 5.13. The fourth-order valence-corrected chi connectivity index (χ4v) is 2.61. The molecule has 3 nitrogen and oxygen atoms in total. The van der Waals surface area contributed by atoms with Crippen LogP contribution in [-0.2, 0) is 12.8 Å². The summed E-state index contributed by atoms with van der Waals surface area (Å²) in [5.74, 6) is 1.93. The van der Waals surface area contributed by atoms with Crippen molar-refractivity contribution in [3.8, 4) is 0 Å². The smallest absolute Gasteiger partial charge is 0.134 e. The summed E-state index contributed by atoms with van der Waals surface area (Å²) in [5.41, 5.74) is 2.21. The number of nitrogens with zero attached hydrogens (tertiary/aromatic N) is 1. The maximum atomic E-state index is 5.94. The molecule has 1 N–H and O–H groups in total. The van der Waals surface area contributed by atoms with Gasteiger partial charge in [-0.25, -0.2) is 4.98 Å². The summed E-state index contributed by atoms with van der Waals surface area (Å²) in [6.45, 7) is 2.15. The van der Waals surface area contributed by atoms with Gasteiger partial charge < -0.3 is 9.40 Å². The second-order valence-electron chi connectivity index (χ2n) is 4.21. The number of aromatic amines is 1. The van der Waals surface area contributed by atoms with Gasteiger partial charge in [-0.1, -0.05) is 22.9 Å². The van der Waals surface area contributed by atoms with Crippen molar-refractivity contribution in [2.24, 2.45) is 0 Å². The number of halogens is 1. The summed E-state index contributed by atoms with van der Waals surface area (Å²) in [5, 5.41) is 1.19. The van der Waals surface area contributed by atoms with Crippen LogP contribution in [0.1, 0.15) is 24.1 Å². The molecule has 18 heavy (non-hydrogen) atoms. The lowest BCUT2D eigenvalue weighted by molar-refractivity contribution is 0.552. The minimum atomic E-state index is 0.711. The van der Waals surface area contributed by atoms with Gasteiger partial charge in [0.2, 0.25) is 0 Å². The highest BCUT2D eigenvalue weighted by Crippen LogP contribution is 2.30. The Morgan fingerprint density at radius 1 is 1.39 bits per heavy atom. The summed E-state index contributed by atoms with van der Waals surface area (Å²) >= 11 is 3.51. The molecule has 0 spiro atoms. The van der Waals surface area contributed by atoms with E-state index in [9.17, 15) is 0 Å². The van der Waals surface area contributed by atoms with Crippen molar-refractivity contribution in [2.45, 2.75) is 19.8 Å². The molecule has 0 atom stereocenters. The Kier molecular flexibility index (Phi) is 2.96. The van der Waals surface area contributed by atoms with Crippen molar-refractivity contribution in [3.05, 3.63) is 52.2 Å². The average Bonchev–Trinajstić information content (AvgIpc) is 2.96. The first-order valence-corrected chi connectivity index (χ1v) is 6.75. The van der Waals surface area contributed by atoms with Crippen LogP contribution in [0.5, 0.6) is 0 Å². The fraction of sp³-hybridized carbons (Fsp3) is 0.214. The van der Waals surface area contributed by atoms with Gasteiger partial charge in [-0.15, -0.1) is 0 Å². The Morgan fingerprint density at radius 3 is 3.00 bits per heavy atom. The summed E-state index contributed by atoms with van der Waals surface area (Å²) < 4.78 is 7.02. The van der Waals surface area contributed by atoms with E-state index >= 15 is 0 Å². The zero-order valence-electron chi connectivity index (χ0n) is 10.0. The van der Waals surface area contributed by atoms with Gasteiger partial charge in [-0.05, 0) is 24.6 Å². The van der Waals surface area contributed by atoms with E-state index in [1.807, 2.05) is 18.3 Å². The normalized spacial score (nSPS) is 11.2. The predicted octanol–water partition coefficient (Wildman–Crippen LogP) is 4.07. The van der Waals surface area contributed by atoms with E-state index in [0.717, 1.165) is 28.1 Å². The van der Waals surface area contributed by atoms with E-state index in [4.69, 9.17) is 4.42 Å². The van der Waals surface area contributed by atoms with Gasteiger partial charge in [-0.2, -0.15) is 0 Å². The molecule has 2 heterocycles. The van der Waals surface area contributed by atoms with Crippen molar-refractivity contribution in [1.29, 1.82) is 0 Å². The zero-order valence-corrected chi connectivity index (χ0v) is 11.6. The number of hydrogen-bond acceptors (Lipinski definition) is 2. The molecular weight excluding hydrogens is 292 g/mol. The van der Waals surface area contributed by atoms with Gasteiger partial charge in [0.05, 0.1) is 6.42 Å². The van der Waals surface area contributed by atoms with Gasteiger partial charge in [-0.3, -0.25) is 0 Å². The third-order valence-electron chi connectivity index (χ3n) is 3.07. The van der Waals surface area contributed by atoms with E-state index in [1.165, 1.54) is 10.9 Å². The SMILES string of the molecule is CCc1c(Cc2ncc[nH]2)oc2ccc(Br)cc12. The number of H-pyrrole nitrogens is 1. The van der Waals surface area contributed by atoms with Gasteiger partial charge >= 0.3 is 0 Å². The molecule has 0 aliphatic rings. The standard InChI is InChI=1S/C14H13BrN2O/c1-2-10-11-7-9(15)3-4-12(11)18-13(10)8-14-16-5-6-17-14/h3-7H,2,8H2,1H3,(H,16,17). The lowest BCUT2D eigenvalue weighted by atomic mass is 10.1. The summed E-state index contributed by atoms with van der Waals surface area (Å²) in [6, 6.07) is 6.12. The van der Waals surface area contributed by atoms with E-state index in [0.29, 0.717) is 6.42 Å². The number of nitrogens with one attached hydrogen (secondary N) is 1. The molecule has 0 aliphatic heterocycles. The average molecular weight is 305 g/mol. The van der Waals surface area contributed by atoms with Crippen molar-refractivity contribution >= 4 is 26.9 Å². The van der Waals surface area contributed by atoms with Crippen LogP contribution in [0.3, 0.4) is 0 Å². The van der Waals surface area contributed by atoms with Crippen molar-refractivity contribution in [2.75, 3.05) is 0 Å². The molecule has 3 aromatic rings. The molecule has 0 unspecified atom stereocenters. The number of furan rings is 1. The molecule has 0 radical (unpaired) electrons. The summed E-state index contributed by atoms with van der Waals surface area (Å²) in [7, 11) is 0. The van der Waals surface area contributed by atoms with Crippen LogP contribution in [0.15, 0.2) is 39.5 Å². The number of fused-ring (bicyclic) bond motifs is 1. The lowest BCUT2D eigenvalue weighted by Crippen LogP contribution is -1.92.